The molecule has 2 rings (SSSR count). The molecule has 0 amide bonds. The third kappa shape index (κ3) is 2.74. The molecule has 0 spiro atoms. The first-order valence-electron chi connectivity index (χ1n) is 5.91. The smallest absolute Gasteiger partial charge is 0.147 e. The predicted molar refractivity (Wildman–Crippen MR) is 68.8 cm³/mol. The van der Waals surface area contributed by atoms with Crippen molar-refractivity contribution in [1.29, 1.82) is 0 Å². The van der Waals surface area contributed by atoms with Crippen molar-refractivity contribution in [2.75, 3.05) is 0 Å². The lowest BCUT2D eigenvalue weighted by Gasteiger charge is -2.14. The second-order valence-corrected chi connectivity index (χ2v) is 4.55. The SMILES string of the molecule is Cc1ccc(C)c(CC(O)c2ccncc2F)c1. The Kier molecular flexibility index (Phi) is 3.72. The van der Waals surface area contributed by atoms with E-state index < -0.39 is 11.9 Å². The topological polar surface area (TPSA) is 33.1 Å². The number of pyridine rings is 1. The van der Waals surface area contributed by atoms with E-state index in [4.69, 9.17) is 0 Å². The summed E-state index contributed by atoms with van der Waals surface area (Å²) in [6.45, 7) is 3.99. The fourth-order valence-electron chi connectivity index (χ4n) is 1.99. The molecule has 1 unspecified atom stereocenters. The van der Waals surface area contributed by atoms with Crippen LogP contribution in [0.3, 0.4) is 0 Å². The highest BCUT2D eigenvalue weighted by molar-refractivity contribution is 5.32. The highest BCUT2D eigenvalue weighted by Gasteiger charge is 2.14. The number of nitrogens with zero attached hydrogens (tertiary/aromatic N) is 1. The summed E-state index contributed by atoms with van der Waals surface area (Å²) in [6.07, 6.45) is 2.19. The molecule has 94 valence electrons. The van der Waals surface area contributed by atoms with Gasteiger partial charge in [0, 0.05) is 18.2 Å². The third-order valence-corrected chi connectivity index (χ3v) is 3.08. The van der Waals surface area contributed by atoms with Crippen molar-refractivity contribution in [3.05, 3.63) is 64.7 Å². The lowest BCUT2D eigenvalue weighted by Crippen LogP contribution is -2.06. The van der Waals surface area contributed by atoms with Gasteiger partial charge in [-0.1, -0.05) is 23.8 Å². The number of hydrogen-bond acceptors (Lipinski definition) is 2. The van der Waals surface area contributed by atoms with Gasteiger partial charge in [0.1, 0.15) is 5.82 Å². The molecule has 1 atom stereocenters. The van der Waals surface area contributed by atoms with E-state index in [0.29, 0.717) is 12.0 Å². The van der Waals surface area contributed by atoms with Crippen molar-refractivity contribution in [3.63, 3.8) is 0 Å². The van der Waals surface area contributed by atoms with Gasteiger partial charge in [-0.3, -0.25) is 4.98 Å². The van der Waals surface area contributed by atoms with Crippen molar-refractivity contribution in [2.24, 2.45) is 0 Å². The van der Waals surface area contributed by atoms with Crippen LogP contribution in [0, 0.1) is 19.7 Å². The van der Waals surface area contributed by atoms with Crippen molar-refractivity contribution >= 4 is 0 Å². The van der Waals surface area contributed by atoms with E-state index in [2.05, 4.69) is 4.98 Å². The Morgan fingerprint density at radius 1 is 1.28 bits per heavy atom. The summed E-state index contributed by atoms with van der Waals surface area (Å²) in [6, 6.07) is 7.58. The van der Waals surface area contributed by atoms with Crippen LogP contribution in [0.25, 0.3) is 0 Å². The van der Waals surface area contributed by atoms with E-state index in [-0.39, 0.29) is 0 Å². The van der Waals surface area contributed by atoms with Crippen LogP contribution in [-0.2, 0) is 6.42 Å². The normalized spacial score (nSPS) is 12.4. The molecule has 1 heterocycles. The average Bonchev–Trinajstić information content (AvgIpc) is 2.34. The molecule has 3 heteroatoms. The van der Waals surface area contributed by atoms with E-state index in [1.54, 1.807) is 0 Å². The molecule has 2 aromatic rings. The molecule has 1 aromatic carbocycles. The first-order chi connectivity index (χ1) is 8.58. The molecule has 1 N–H and O–H groups in total. The zero-order valence-corrected chi connectivity index (χ0v) is 10.5. The third-order valence-electron chi connectivity index (χ3n) is 3.08. The number of benzene rings is 1. The number of rotatable bonds is 3. The van der Waals surface area contributed by atoms with Gasteiger partial charge < -0.3 is 5.11 Å². The maximum Gasteiger partial charge on any atom is 0.147 e. The molecule has 2 nitrogen and oxygen atoms in total. The standard InChI is InChI=1S/C15H16FNO/c1-10-3-4-11(2)12(7-10)8-15(18)13-5-6-17-9-14(13)16/h3-7,9,15,18H,8H2,1-2H3. The Bertz CT molecular complexity index is 554. The van der Waals surface area contributed by atoms with E-state index >= 15 is 0 Å². The Morgan fingerprint density at radius 3 is 2.78 bits per heavy atom. The number of aliphatic hydroxyl groups is 1. The van der Waals surface area contributed by atoms with Crippen LogP contribution in [0.4, 0.5) is 4.39 Å². The Morgan fingerprint density at radius 2 is 2.06 bits per heavy atom. The lowest BCUT2D eigenvalue weighted by molar-refractivity contribution is 0.173. The minimum Gasteiger partial charge on any atom is -0.388 e. The predicted octanol–water partition coefficient (Wildman–Crippen LogP) is 3.11. The van der Waals surface area contributed by atoms with Crippen molar-refractivity contribution in [3.8, 4) is 0 Å². The summed E-state index contributed by atoms with van der Waals surface area (Å²) in [4.78, 5) is 3.68. The second-order valence-electron chi connectivity index (χ2n) is 4.55. The van der Waals surface area contributed by atoms with Gasteiger partial charge in [0.25, 0.3) is 0 Å². The minimum absolute atomic E-state index is 0.297. The molecule has 0 radical (unpaired) electrons. The van der Waals surface area contributed by atoms with E-state index in [1.807, 2.05) is 32.0 Å². The summed E-state index contributed by atoms with van der Waals surface area (Å²) in [5.41, 5.74) is 3.58. The fraction of sp³-hybridized carbons (Fsp3) is 0.267. The molecule has 0 fully saturated rings. The van der Waals surface area contributed by atoms with Gasteiger partial charge in [0.05, 0.1) is 12.3 Å². The van der Waals surface area contributed by atoms with Crippen LogP contribution in [0.2, 0.25) is 0 Å². The van der Waals surface area contributed by atoms with Gasteiger partial charge in [-0.05, 0) is 31.0 Å². The van der Waals surface area contributed by atoms with Crippen LogP contribution >= 0.6 is 0 Å². The van der Waals surface area contributed by atoms with Gasteiger partial charge in [0.2, 0.25) is 0 Å². The van der Waals surface area contributed by atoms with Crippen LogP contribution in [-0.4, -0.2) is 10.1 Å². The Hall–Kier alpha value is -1.74. The number of aliphatic hydroxyl groups excluding tert-OH is 1. The zero-order valence-electron chi connectivity index (χ0n) is 10.5. The van der Waals surface area contributed by atoms with E-state index in [9.17, 15) is 9.50 Å². The summed E-state index contributed by atoms with van der Waals surface area (Å²) >= 11 is 0. The monoisotopic (exact) mass is 245 g/mol. The van der Waals surface area contributed by atoms with Crippen LogP contribution < -0.4 is 0 Å². The van der Waals surface area contributed by atoms with Gasteiger partial charge in [-0.15, -0.1) is 0 Å². The lowest BCUT2D eigenvalue weighted by atomic mass is 9.97. The van der Waals surface area contributed by atoms with Gasteiger partial charge in [0.15, 0.2) is 0 Å². The zero-order chi connectivity index (χ0) is 13.1. The first kappa shape index (κ1) is 12.7. The maximum atomic E-state index is 13.5. The van der Waals surface area contributed by atoms with Crippen molar-refractivity contribution in [1.82, 2.24) is 4.98 Å². The summed E-state index contributed by atoms with van der Waals surface area (Å²) in [5.74, 6) is -0.463. The maximum absolute atomic E-state index is 13.5. The average molecular weight is 245 g/mol. The summed E-state index contributed by atoms with van der Waals surface area (Å²) in [5, 5.41) is 10.1. The van der Waals surface area contributed by atoms with E-state index in [0.717, 1.165) is 22.9 Å². The van der Waals surface area contributed by atoms with Gasteiger partial charge in [-0.2, -0.15) is 0 Å². The number of aryl methyl sites for hydroxylation is 2. The summed E-state index contributed by atoms with van der Waals surface area (Å²) < 4.78 is 13.5. The van der Waals surface area contributed by atoms with Crippen molar-refractivity contribution < 1.29 is 9.50 Å². The van der Waals surface area contributed by atoms with Crippen LogP contribution in [0.1, 0.15) is 28.4 Å². The number of hydrogen-bond donors (Lipinski definition) is 1. The molecule has 0 aliphatic rings. The first-order valence-corrected chi connectivity index (χ1v) is 5.91. The molecule has 0 bridgehead atoms. The van der Waals surface area contributed by atoms with Gasteiger partial charge in [-0.25, -0.2) is 4.39 Å². The molecule has 0 aliphatic carbocycles. The fourth-order valence-corrected chi connectivity index (χ4v) is 1.99. The molecule has 0 saturated carbocycles. The number of halogens is 1. The highest BCUT2D eigenvalue weighted by atomic mass is 19.1. The molecular formula is C15H16FNO. The molecule has 0 saturated heterocycles. The molecule has 0 aliphatic heterocycles. The largest absolute Gasteiger partial charge is 0.388 e. The quantitative estimate of drug-likeness (QED) is 0.901. The molecular weight excluding hydrogens is 229 g/mol. The van der Waals surface area contributed by atoms with Crippen molar-refractivity contribution in [2.45, 2.75) is 26.4 Å². The van der Waals surface area contributed by atoms with Gasteiger partial charge >= 0.3 is 0 Å². The number of aromatic nitrogens is 1. The minimum atomic E-state index is -0.839. The Labute approximate surface area is 106 Å². The summed E-state index contributed by atoms with van der Waals surface area (Å²) in [7, 11) is 0. The highest BCUT2D eigenvalue weighted by Crippen LogP contribution is 2.22. The van der Waals surface area contributed by atoms with Crippen LogP contribution in [0.5, 0.6) is 0 Å². The Balaban J connectivity index is 2.24. The van der Waals surface area contributed by atoms with Crippen LogP contribution in [0.15, 0.2) is 36.7 Å². The second kappa shape index (κ2) is 5.27. The molecule has 1 aromatic heterocycles. The molecule has 18 heavy (non-hydrogen) atoms. The van der Waals surface area contributed by atoms with E-state index in [1.165, 1.54) is 12.3 Å².